The molecule has 2 aromatic rings. The molecule has 3 aliphatic rings. The lowest BCUT2D eigenvalue weighted by atomic mass is 9.63. The quantitative estimate of drug-likeness (QED) is 0.741. The molecule has 0 bridgehead atoms. The van der Waals surface area contributed by atoms with E-state index in [1.165, 1.54) is 18.2 Å². The zero-order valence-corrected chi connectivity index (χ0v) is 19.9. The van der Waals surface area contributed by atoms with E-state index in [-0.39, 0.29) is 46.7 Å². The highest BCUT2D eigenvalue weighted by Gasteiger charge is 2.63. The molecule has 34 heavy (non-hydrogen) atoms. The van der Waals surface area contributed by atoms with Crippen LogP contribution in [0.4, 0.5) is 8.78 Å². The van der Waals surface area contributed by atoms with Crippen LogP contribution in [0.3, 0.4) is 0 Å². The minimum absolute atomic E-state index is 0.0127. The van der Waals surface area contributed by atoms with Crippen molar-refractivity contribution in [3.05, 3.63) is 47.7 Å². The third-order valence-electron chi connectivity index (χ3n) is 9.03. The molecule has 0 unspecified atom stereocenters. The second-order valence-corrected chi connectivity index (χ2v) is 10.8. The maximum atomic E-state index is 14.4. The first kappa shape index (κ1) is 22.9. The molecule has 1 aromatic heterocycles. The first-order chi connectivity index (χ1) is 16.1. The summed E-state index contributed by atoms with van der Waals surface area (Å²) in [6.07, 6.45) is 3.12. The fraction of sp³-hybridized carbons (Fsp3) is 0.538. The molecule has 2 saturated carbocycles. The van der Waals surface area contributed by atoms with Crippen molar-refractivity contribution in [3.63, 3.8) is 0 Å². The van der Waals surface area contributed by atoms with Gasteiger partial charge in [-0.3, -0.25) is 9.59 Å². The highest BCUT2D eigenvalue weighted by Crippen LogP contribution is 2.62. The van der Waals surface area contributed by atoms with Gasteiger partial charge in [0.25, 0.3) is 0 Å². The number of piperidine rings is 1. The SMILES string of the molecule is CNC(=O)[C@H]1[C@@H]2CN(C(=O)[C@@]3(C)CC[C@H](c4cnnc(-c5c(F)cccc5F)c4)C3(C)C)C[C@@H]21. The summed E-state index contributed by atoms with van der Waals surface area (Å²) >= 11 is 0. The van der Waals surface area contributed by atoms with Gasteiger partial charge in [0.2, 0.25) is 11.8 Å². The summed E-state index contributed by atoms with van der Waals surface area (Å²) in [5, 5.41) is 10.8. The lowest BCUT2D eigenvalue weighted by Gasteiger charge is -2.43. The van der Waals surface area contributed by atoms with Gasteiger partial charge in [0, 0.05) is 26.1 Å². The number of nitrogens with one attached hydrogen (secondary N) is 1. The Morgan fingerprint density at radius 1 is 1.12 bits per heavy atom. The zero-order valence-electron chi connectivity index (χ0n) is 19.9. The second kappa shape index (κ2) is 7.82. The molecule has 3 fully saturated rings. The van der Waals surface area contributed by atoms with Gasteiger partial charge in [-0.15, -0.1) is 0 Å². The summed E-state index contributed by atoms with van der Waals surface area (Å²) in [6.45, 7) is 7.48. The van der Waals surface area contributed by atoms with E-state index in [1.54, 1.807) is 19.3 Å². The number of carbonyl (C=O) groups excluding carboxylic acids is 2. The molecule has 1 N–H and O–H groups in total. The number of likely N-dealkylation sites (tertiary alicyclic amines) is 1. The molecule has 1 saturated heterocycles. The van der Waals surface area contributed by atoms with Gasteiger partial charge in [0.1, 0.15) is 11.6 Å². The number of hydrogen-bond acceptors (Lipinski definition) is 4. The number of carbonyl (C=O) groups is 2. The van der Waals surface area contributed by atoms with Crippen LogP contribution in [-0.4, -0.2) is 47.0 Å². The first-order valence-corrected chi connectivity index (χ1v) is 11.9. The Hall–Kier alpha value is -2.90. The summed E-state index contributed by atoms with van der Waals surface area (Å²) in [4.78, 5) is 27.7. The van der Waals surface area contributed by atoms with Crippen molar-refractivity contribution in [3.8, 4) is 11.3 Å². The molecule has 1 aliphatic heterocycles. The van der Waals surface area contributed by atoms with Crippen molar-refractivity contribution in [1.29, 1.82) is 0 Å². The number of hydrogen-bond donors (Lipinski definition) is 1. The molecule has 180 valence electrons. The summed E-state index contributed by atoms with van der Waals surface area (Å²) in [5.41, 5.74) is -0.204. The fourth-order valence-electron chi connectivity index (χ4n) is 6.50. The van der Waals surface area contributed by atoms with Gasteiger partial charge < -0.3 is 10.2 Å². The predicted octanol–water partition coefficient (Wildman–Crippen LogP) is 3.78. The number of nitrogens with zero attached hydrogens (tertiary/aromatic N) is 3. The highest BCUT2D eigenvalue weighted by atomic mass is 19.1. The third kappa shape index (κ3) is 3.25. The molecule has 8 heteroatoms. The van der Waals surface area contributed by atoms with E-state index in [9.17, 15) is 18.4 Å². The molecular weight excluding hydrogens is 438 g/mol. The Labute approximate surface area is 198 Å². The summed E-state index contributed by atoms with van der Waals surface area (Å²) < 4.78 is 28.7. The lowest BCUT2D eigenvalue weighted by molar-refractivity contribution is -0.146. The van der Waals surface area contributed by atoms with E-state index < -0.39 is 22.5 Å². The average molecular weight is 469 g/mol. The number of rotatable bonds is 4. The van der Waals surface area contributed by atoms with E-state index in [4.69, 9.17) is 0 Å². The van der Waals surface area contributed by atoms with Crippen molar-refractivity contribution < 1.29 is 18.4 Å². The Bertz CT molecular complexity index is 1140. The molecule has 1 aromatic carbocycles. The number of amides is 2. The van der Waals surface area contributed by atoms with Crippen molar-refractivity contribution in [2.75, 3.05) is 20.1 Å². The fourth-order valence-corrected chi connectivity index (χ4v) is 6.50. The molecule has 2 amide bonds. The highest BCUT2D eigenvalue weighted by molar-refractivity contribution is 5.86. The summed E-state index contributed by atoms with van der Waals surface area (Å²) in [5.74, 6) is -0.620. The van der Waals surface area contributed by atoms with Crippen molar-refractivity contribution in [2.45, 2.75) is 39.5 Å². The molecule has 0 spiro atoms. The van der Waals surface area contributed by atoms with Crippen molar-refractivity contribution in [2.24, 2.45) is 28.6 Å². The van der Waals surface area contributed by atoms with Crippen LogP contribution in [0.15, 0.2) is 30.5 Å². The molecule has 5 rings (SSSR count). The molecule has 6 nitrogen and oxygen atoms in total. The number of halogens is 2. The van der Waals surface area contributed by atoms with Crippen molar-refractivity contribution >= 4 is 11.8 Å². The van der Waals surface area contributed by atoms with Crippen LogP contribution in [0.25, 0.3) is 11.3 Å². The first-order valence-electron chi connectivity index (χ1n) is 11.9. The monoisotopic (exact) mass is 468 g/mol. The number of fused-ring (bicyclic) bond motifs is 1. The normalized spacial score (nSPS) is 31.3. The Kier molecular flexibility index (Phi) is 5.26. The summed E-state index contributed by atoms with van der Waals surface area (Å²) in [6, 6.07) is 5.44. The number of benzene rings is 1. The Morgan fingerprint density at radius 3 is 2.38 bits per heavy atom. The molecule has 2 heterocycles. The van der Waals surface area contributed by atoms with E-state index >= 15 is 0 Å². The Balaban J connectivity index is 1.38. The van der Waals surface area contributed by atoms with E-state index in [2.05, 4.69) is 29.4 Å². The van der Waals surface area contributed by atoms with Crippen LogP contribution < -0.4 is 5.32 Å². The lowest BCUT2D eigenvalue weighted by Crippen LogP contribution is -2.49. The number of aromatic nitrogens is 2. The van der Waals surface area contributed by atoms with E-state index in [1.807, 2.05) is 11.8 Å². The summed E-state index contributed by atoms with van der Waals surface area (Å²) in [7, 11) is 1.65. The minimum Gasteiger partial charge on any atom is -0.359 e. The smallest absolute Gasteiger partial charge is 0.229 e. The van der Waals surface area contributed by atoms with Gasteiger partial charge in [-0.1, -0.05) is 26.8 Å². The predicted molar refractivity (Wildman–Crippen MR) is 122 cm³/mol. The van der Waals surface area contributed by atoms with Gasteiger partial charge >= 0.3 is 0 Å². The van der Waals surface area contributed by atoms with Crippen LogP contribution in [0.1, 0.15) is 45.1 Å². The van der Waals surface area contributed by atoms with Crippen LogP contribution in [0.5, 0.6) is 0 Å². The Morgan fingerprint density at radius 2 is 1.76 bits per heavy atom. The molecule has 5 atom stereocenters. The maximum Gasteiger partial charge on any atom is 0.229 e. The van der Waals surface area contributed by atoms with Crippen LogP contribution in [0, 0.1) is 40.2 Å². The van der Waals surface area contributed by atoms with E-state index in [0.29, 0.717) is 19.5 Å². The van der Waals surface area contributed by atoms with Gasteiger partial charge in [-0.05, 0) is 59.8 Å². The van der Waals surface area contributed by atoms with Crippen LogP contribution >= 0.6 is 0 Å². The van der Waals surface area contributed by atoms with Crippen molar-refractivity contribution in [1.82, 2.24) is 20.4 Å². The molecule has 2 aliphatic carbocycles. The average Bonchev–Trinajstić information content (AvgIpc) is 3.18. The van der Waals surface area contributed by atoms with Gasteiger partial charge in [-0.2, -0.15) is 10.2 Å². The molecular formula is C26H30F2N4O2. The van der Waals surface area contributed by atoms with Gasteiger partial charge in [0.05, 0.1) is 22.9 Å². The van der Waals surface area contributed by atoms with E-state index in [0.717, 1.165) is 12.0 Å². The molecule has 0 radical (unpaired) electrons. The minimum atomic E-state index is -0.681. The maximum absolute atomic E-state index is 14.4. The van der Waals surface area contributed by atoms with Gasteiger partial charge in [0.15, 0.2) is 0 Å². The van der Waals surface area contributed by atoms with Crippen LogP contribution in [-0.2, 0) is 9.59 Å². The second-order valence-electron chi connectivity index (χ2n) is 10.8. The standard InChI is InChI=1S/C26H30F2N4O2/c1-25(2)17(14-10-20(31-30-11-14)22-18(27)6-5-7-19(22)28)8-9-26(25,3)24(34)32-12-15-16(13-32)21(15)23(33)29-4/h5-7,10-11,15-17,21H,8-9,12-13H2,1-4H3,(H,29,33)/t15-,16+,17-,21+,26-/m1/s1. The zero-order chi connectivity index (χ0) is 24.4. The van der Waals surface area contributed by atoms with Gasteiger partial charge in [-0.25, -0.2) is 8.78 Å². The third-order valence-corrected chi connectivity index (χ3v) is 9.03. The topological polar surface area (TPSA) is 75.2 Å². The van der Waals surface area contributed by atoms with Crippen LogP contribution in [0.2, 0.25) is 0 Å². The largest absolute Gasteiger partial charge is 0.359 e.